The van der Waals surface area contributed by atoms with Gasteiger partial charge in [-0.25, -0.2) is 9.78 Å². The van der Waals surface area contributed by atoms with Gasteiger partial charge in [-0.1, -0.05) is 13.3 Å². The van der Waals surface area contributed by atoms with Gasteiger partial charge in [0, 0.05) is 10.7 Å². The second kappa shape index (κ2) is 5.69. The van der Waals surface area contributed by atoms with Crippen LogP contribution in [-0.4, -0.2) is 22.2 Å². The topological polar surface area (TPSA) is 59.4 Å². The molecule has 0 bridgehead atoms. The highest BCUT2D eigenvalue weighted by Crippen LogP contribution is 2.28. The second-order valence-corrected chi connectivity index (χ2v) is 5.74. The van der Waals surface area contributed by atoms with Crippen LogP contribution in [0.1, 0.15) is 43.0 Å². The Morgan fingerprint density at radius 3 is 3.00 bits per heavy atom. The van der Waals surface area contributed by atoms with Gasteiger partial charge in [-0.2, -0.15) is 0 Å². The van der Waals surface area contributed by atoms with Crippen molar-refractivity contribution in [3.63, 3.8) is 0 Å². The van der Waals surface area contributed by atoms with E-state index in [2.05, 4.69) is 27.8 Å². The van der Waals surface area contributed by atoms with Crippen LogP contribution >= 0.6 is 15.9 Å². The average molecular weight is 314 g/mol. The van der Waals surface area contributed by atoms with Gasteiger partial charge in [0.25, 0.3) is 0 Å². The summed E-state index contributed by atoms with van der Waals surface area (Å²) in [7, 11) is 0. The van der Waals surface area contributed by atoms with Gasteiger partial charge < -0.3 is 9.84 Å². The molecular weight excluding hydrogens is 298 g/mol. The minimum atomic E-state index is -1.01. The van der Waals surface area contributed by atoms with E-state index in [4.69, 9.17) is 9.84 Å². The number of aromatic nitrogens is 1. The van der Waals surface area contributed by atoms with E-state index in [-0.39, 0.29) is 17.5 Å². The largest absolute Gasteiger partial charge is 0.477 e. The van der Waals surface area contributed by atoms with Gasteiger partial charge in [-0.3, -0.25) is 0 Å². The van der Waals surface area contributed by atoms with E-state index < -0.39 is 5.97 Å². The van der Waals surface area contributed by atoms with E-state index >= 15 is 0 Å². The summed E-state index contributed by atoms with van der Waals surface area (Å²) in [6.07, 6.45) is 5.94. The molecule has 2 unspecified atom stereocenters. The van der Waals surface area contributed by atoms with Gasteiger partial charge in [0.2, 0.25) is 5.88 Å². The van der Waals surface area contributed by atoms with E-state index in [0.29, 0.717) is 10.4 Å². The number of carboxylic acids is 1. The predicted octanol–water partition coefficient (Wildman–Crippen LogP) is 3.50. The number of carboxylic acid groups (broad SMARTS) is 1. The normalized spacial score (nSPS) is 23.7. The third-order valence-electron chi connectivity index (χ3n) is 3.21. The van der Waals surface area contributed by atoms with Crippen molar-refractivity contribution in [3.8, 4) is 5.88 Å². The Labute approximate surface area is 115 Å². The van der Waals surface area contributed by atoms with Crippen molar-refractivity contribution in [1.29, 1.82) is 0 Å². The van der Waals surface area contributed by atoms with Crippen molar-refractivity contribution in [2.24, 2.45) is 5.92 Å². The molecule has 2 atom stereocenters. The first-order valence-electron chi connectivity index (χ1n) is 6.11. The van der Waals surface area contributed by atoms with E-state index in [1.54, 1.807) is 6.20 Å². The summed E-state index contributed by atoms with van der Waals surface area (Å²) in [5, 5.41) is 9.13. The number of rotatable bonds is 3. The van der Waals surface area contributed by atoms with Crippen molar-refractivity contribution in [3.05, 3.63) is 22.3 Å². The minimum Gasteiger partial charge on any atom is -0.477 e. The lowest BCUT2D eigenvalue weighted by molar-refractivity contribution is 0.0680. The molecule has 1 saturated carbocycles. The van der Waals surface area contributed by atoms with Gasteiger partial charge in [0.05, 0.1) is 0 Å². The van der Waals surface area contributed by atoms with E-state index in [9.17, 15) is 4.79 Å². The molecule has 1 aliphatic rings. The quantitative estimate of drug-likeness (QED) is 0.927. The zero-order chi connectivity index (χ0) is 13.1. The van der Waals surface area contributed by atoms with E-state index in [1.807, 2.05) is 0 Å². The summed E-state index contributed by atoms with van der Waals surface area (Å²) >= 11 is 3.22. The Kier molecular flexibility index (Phi) is 4.22. The zero-order valence-electron chi connectivity index (χ0n) is 10.2. The summed E-state index contributed by atoms with van der Waals surface area (Å²) in [6, 6.07) is 1.52. The maximum atomic E-state index is 11.1. The third kappa shape index (κ3) is 3.22. The Balaban J connectivity index is 2.15. The molecular formula is C13H16BrNO3. The zero-order valence-corrected chi connectivity index (χ0v) is 11.8. The van der Waals surface area contributed by atoms with Crippen molar-refractivity contribution < 1.29 is 14.6 Å². The molecule has 0 aliphatic heterocycles. The van der Waals surface area contributed by atoms with Crippen molar-refractivity contribution in [2.75, 3.05) is 0 Å². The number of carbonyl (C=O) groups is 1. The van der Waals surface area contributed by atoms with E-state index in [0.717, 1.165) is 19.3 Å². The summed E-state index contributed by atoms with van der Waals surface area (Å²) < 4.78 is 6.40. The van der Waals surface area contributed by atoms with Crippen molar-refractivity contribution in [2.45, 2.75) is 38.7 Å². The first-order chi connectivity index (χ1) is 8.56. The molecule has 18 heavy (non-hydrogen) atoms. The molecule has 5 heteroatoms. The first kappa shape index (κ1) is 13.3. The van der Waals surface area contributed by atoms with Crippen molar-refractivity contribution >= 4 is 21.9 Å². The highest BCUT2D eigenvalue weighted by Gasteiger charge is 2.23. The molecule has 2 rings (SSSR count). The van der Waals surface area contributed by atoms with Crippen LogP contribution in [0.3, 0.4) is 0 Å². The average Bonchev–Trinajstić information content (AvgIpc) is 2.31. The molecule has 0 amide bonds. The second-order valence-electron chi connectivity index (χ2n) is 4.82. The Bertz CT molecular complexity index is 450. The fraction of sp³-hybridized carbons (Fsp3) is 0.538. The molecule has 1 aliphatic carbocycles. The molecule has 0 aromatic carbocycles. The first-order valence-corrected chi connectivity index (χ1v) is 6.91. The molecule has 1 aromatic heterocycles. The smallest absolute Gasteiger partial charge is 0.341 e. The SMILES string of the molecule is CC1CCCC(Oc2ncc(Br)cc2C(=O)O)C1. The maximum Gasteiger partial charge on any atom is 0.341 e. The van der Waals surface area contributed by atoms with Crippen LogP contribution in [0, 0.1) is 5.92 Å². The fourth-order valence-electron chi connectivity index (χ4n) is 2.32. The number of hydrogen-bond acceptors (Lipinski definition) is 3. The summed E-state index contributed by atoms with van der Waals surface area (Å²) in [5.41, 5.74) is 0.114. The number of pyridine rings is 1. The predicted molar refractivity (Wildman–Crippen MR) is 70.9 cm³/mol. The molecule has 1 aromatic rings. The Hall–Kier alpha value is -1.10. The van der Waals surface area contributed by atoms with E-state index in [1.165, 1.54) is 12.5 Å². The molecule has 0 radical (unpaired) electrons. The molecule has 1 fully saturated rings. The van der Waals surface area contributed by atoms with Crippen LogP contribution in [-0.2, 0) is 0 Å². The Morgan fingerprint density at radius 1 is 1.56 bits per heavy atom. The fourth-order valence-corrected chi connectivity index (χ4v) is 2.65. The third-order valence-corrected chi connectivity index (χ3v) is 3.65. The number of ether oxygens (including phenoxy) is 1. The summed E-state index contributed by atoms with van der Waals surface area (Å²) in [5.74, 6) is -0.153. The minimum absolute atomic E-state index is 0.0838. The highest BCUT2D eigenvalue weighted by atomic mass is 79.9. The van der Waals surface area contributed by atoms with Crippen LogP contribution in [0.25, 0.3) is 0 Å². The molecule has 1 heterocycles. The number of aromatic carboxylic acids is 1. The number of nitrogens with zero attached hydrogens (tertiary/aromatic N) is 1. The standard InChI is InChI=1S/C13H16BrNO3/c1-8-3-2-4-10(5-8)18-12-11(13(16)17)6-9(14)7-15-12/h6-8,10H,2-5H2,1H3,(H,16,17). The van der Waals surface area contributed by atoms with Gasteiger partial charge in [0.1, 0.15) is 11.7 Å². The maximum absolute atomic E-state index is 11.1. The Morgan fingerprint density at radius 2 is 2.33 bits per heavy atom. The molecule has 0 spiro atoms. The van der Waals surface area contributed by atoms with Gasteiger partial charge >= 0.3 is 5.97 Å². The number of halogens is 1. The monoisotopic (exact) mass is 313 g/mol. The van der Waals surface area contributed by atoms with Crippen LogP contribution in [0.15, 0.2) is 16.7 Å². The lowest BCUT2D eigenvalue weighted by Crippen LogP contribution is -2.25. The van der Waals surface area contributed by atoms with Crippen LogP contribution < -0.4 is 4.74 Å². The molecule has 1 N–H and O–H groups in total. The van der Waals surface area contributed by atoms with Crippen LogP contribution in [0.4, 0.5) is 0 Å². The molecule has 4 nitrogen and oxygen atoms in total. The lowest BCUT2D eigenvalue weighted by Gasteiger charge is -2.27. The highest BCUT2D eigenvalue weighted by molar-refractivity contribution is 9.10. The molecule has 98 valence electrons. The lowest BCUT2D eigenvalue weighted by atomic mass is 9.89. The van der Waals surface area contributed by atoms with Gasteiger partial charge in [-0.05, 0) is 47.2 Å². The molecule has 0 saturated heterocycles. The van der Waals surface area contributed by atoms with Crippen LogP contribution in [0.5, 0.6) is 5.88 Å². The van der Waals surface area contributed by atoms with Gasteiger partial charge in [-0.15, -0.1) is 0 Å². The number of hydrogen-bond donors (Lipinski definition) is 1. The van der Waals surface area contributed by atoms with Crippen molar-refractivity contribution in [1.82, 2.24) is 4.98 Å². The summed E-state index contributed by atoms with van der Waals surface area (Å²) in [4.78, 5) is 15.2. The van der Waals surface area contributed by atoms with Crippen LogP contribution in [0.2, 0.25) is 0 Å². The van der Waals surface area contributed by atoms with Gasteiger partial charge in [0.15, 0.2) is 0 Å². The summed E-state index contributed by atoms with van der Waals surface area (Å²) in [6.45, 7) is 2.20.